The Balaban J connectivity index is 1.05. The van der Waals surface area contributed by atoms with E-state index in [0.717, 1.165) is 56.9 Å². The van der Waals surface area contributed by atoms with Gasteiger partial charge in [0.1, 0.15) is 0 Å². The Bertz CT molecular complexity index is 939. The first-order valence-corrected chi connectivity index (χ1v) is 13.7. The van der Waals surface area contributed by atoms with Crippen molar-refractivity contribution in [2.45, 2.75) is 75.5 Å². The highest BCUT2D eigenvalue weighted by Gasteiger charge is 2.58. The van der Waals surface area contributed by atoms with E-state index in [9.17, 15) is 19.8 Å². The van der Waals surface area contributed by atoms with Crippen molar-refractivity contribution < 1.29 is 19.8 Å². The lowest BCUT2D eigenvalue weighted by atomic mass is 9.48. The van der Waals surface area contributed by atoms with Crippen molar-refractivity contribution in [2.24, 2.45) is 23.2 Å². The smallest absolute Gasteiger partial charge is 0.320 e. The minimum atomic E-state index is -0.568. The number of carbonyl (C=O) groups is 2. The van der Waals surface area contributed by atoms with Crippen molar-refractivity contribution in [3.8, 4) is 0 Å². The number of likely N-dealkylation sites (tertiary alicyclic amines) is 2. The number of benzene rings is 1. The molecule has 190 valence electrons. The second-order valence-electron chi connectivity index (χ2n) is 12.1. The second kappa shape index (κ2) is 9.07. The zero-order valence-electron chi connectivity index (χ0n) is 20.5. The summed E-state index contributed by atoms with van der Waals surface area (Å²) >= 11 is 0. The normalized spacial score (nSPS) is 40.6. The number of piperidine rings is 2. The van der Waals surface area contributed by atoms with Gasteiger partial charge in [0.15, 0.2) is 0 Å². The molecule has 6 aliphatic rings. The molecule has 4 aliphatic carbocycles. The Morgan fingerprint density at radius 2 is 1.63 bits per heavy atom. The Morgan fingerprint density at radius 3 is 2.34 bits per heavy atom. The molecule has 3 N–H and O–H groups in total. The quantitative estimate of drug-likeness (QED) is 0.619. The maximum absolute atomic E-state index is 13.5. The predicted octanol–water partition coefficient (Wildman–Crippen LogP) is 2.72. The van der Waals surface area contributed by atoms with E-state index >= 15 is 0 Å². The van der Waals surface area contributed by atoms with Crippen LogP contribution in [0, 0.1) is 23.2 Å². The molecule has 3 amide bonds. The average Bonchev–Trinajstić information content (AvgIpc) is 2.87. The van der Waals surface area contributed by atoms with Crippen LogP contribution in [0.2, 0.25) is 0 Å². The first-order valence-electron chi connectivity index (χ1n) is 13.7. The van der Waals surface area contributed by atoms with Gasteiger partial charge in [0.2, 0.25) is 5.91 Å². The molecule has 2 saturated heterocycles. The van der Waals surface area contributed by atoms with E-state index in [1.807, 2.05) is 35.2 Å². The second-order valence-corrected chi connectivity index (χ2v) is 12.1. The number of amides is 3. The number of aliphatic hydroxyl groups excluding tert-OH is 2. The summed E-state index contributed by atoms with van der Waals surface area (Å²) in [6.07, 6.45) is 6.47. The molecule has 6 fully saturated rings. The van der Waals surface area contributed by atoms with Gasteiger partial charge in [-0.3, -0.25) is 4.79 Å². The number of nitrogens with one attached hydrogen (secondary N) is 1. The molecule has 7 heteroatoms. The van der Waals surface area contributed by atoms with Crippen LogP contribution in [-0.2, 0) is 4.79 Å². The zero-order chi connectivity index (χ0) is 24.2. The van der Waals surface area contributed by atoms with Crippen LogP contribution in [-0.4, -0.2) is 76.4 Å². The van der Waals surface area contributed by atoms with Gasteiger partial charge in [0.05, 0.1) is 17.6 Å². The van der Waals surface area contributed by atoms with Crippen molar-refractivity contribution in [1.82, 2.24) is 15.1 Å². The van der Waals surface area contributed by atoms with Gasteiger partial charge in [0.25, 0.3) is 0 Å². The lowest BCUT2D eigenvalue weighted by Crippen LogP contribution is -2.61. The number of rotatable bonds is 3. The molecule has 1 aromatic carbocycles. The van der Waals surface area contributed by atoms with E-state index in [2.05, 4.69) is 5.32 Å². The predicted molar refractivity (Wildman–Crippen MR) is 132 cm³/mol. The topological polar surface area (TPSA) is 93.1 Å². The highest BCUT2D eigenvalue weighted by Crippen LogP contribution is 2.60. The van der Waals surface area contributed by atoms with E-state index in [1.165, 1.54) is 0 Å². The van der Waals surface area contributed by atoms with Crippen molar-refractivity contribution >= 4 is 11.9 Å². The van der Waals surface area contributed by atoms with Crippen molar-refractivity contribution in [2.75, 3.05) is 26.2 Å². The Labute approximate surface area is 207 Å². The third-order valence-electron chi connectivity index (χ3n) is 9.81. The van der Waals surface area contributed by atoms with Crippen LogP contribution in [0.4, 0.5) is 4.79 Å². The average molecular weight is 482 g/mol. The summed E-state index contributed by atoms with van der Waals surface area (Å²) in [5, 5.41) is 24.7. The molecule has 4 bridgehead atoms. The maximum Gasteiger partial charge on any atom is 0.320 e. The van der Waals surface area contributed by atoms with Gasteiger partial charge in [-0.2, -0.15) is 0 Å². The summed E-state index contributed by atoms with van der Waals surface area (Å²) in [5.41, 5.74) is 0.816. The van der Waals surface area contributed by atoms with Crippen LogP contribution in [0.5, 0.6) is 0 Å². The minimum Gasteiger partial charge on any atom is -0.393 e. The molecular formula is C28H39N3O4. The molecule has 3 unspecified atom stereocenters. The fourth-order valence-electron chi connectivity index (χ4n) is 8.28. The highest BCUT2D eigenvalue weighted by molar-refractivity contribution is 5.83. The van der Waals surface area contributed by atoms with Gasteiger partial charge in [-0.1, -0.05) is 30.3 Å². The van der Waals surface area contributed by atoms with Crippen LogP contribution in [0.3, 0.4) is 0 Å². The molecule has 4 saturated carbocycles. The summed E-state index contributed by atoms with van der Waals surface area (Å²) in [7, 11) is 0. The highest BCUT2D eigenvalue weighted by atomic mass is 16.3. The summed E-state index contributed by atoms with van der Waals surface area (Å²) in [5.74, 6) is 1.36. The van der Waals surface area contributed by atoms with E-state index in [1.54, 1.807) is 4.90 Å². The Hall–Kier alpha value is -2.12. The number of aliphatic hydroxyl groups is 2. The first kappa shape index (κ1) is 23.3. The molecule has 0 spiro atoms. The number of β-amino-alcohol motifs (C(OH)–C–C–N with tert-alkyl or cyclic N) is 1. The molecule has 0 radical (unpaired) electrons. The third kappa shape index (κ3) is 4.25. The summed E-state index contributed by atoms with van der Waals surface area (Å²) < 4.78 is 0. The van der Waals surface area contributed by atoms with E-state index in [4.69, 9.17) is 0 Å². The Kier molecular flexibility index (Phi) is 6.04. The summed E-state index contributed by atoms with van der Waals surface area (Å²) in [4.78, 5) is 30.5. The number of hydrogen-bond acceptors (Lipinski definition) is 4. The molecular weight excluding hydrogens is 442 g/mol. The van der Waals surface area contributed by atoms with Crippen molar-refractivity contribution in [1.29, 1.82) is 0 Å². The van der Waals surface area contributed by atoms with Crippen LogP contribution in [0.25, 0.3) is 0 Å². The standard InChI is InChI=1S/C28H39N3O4/c32-24-17-31(10-8-23(24)19-5-2-1-3-6-19)27(35)30-9-4-7-22(16-30)29-26(34)28-13-18-11-20(14-28)25(33)21(12-18)15-28/h1-3,5-6,18,20-25,32-33H,4,7-17H2,(H,29,34)/t18?,20?,21?,22-,23?,24-,25?,28?/m0/s1. The van der Waals surface area contributed by atoms with E-state index in [0.29, 0.717) is 32.1 Å². The SMILES string of the molecule is O=C(N1CCC[C@H](NC(=O)C23CC4CC(C2)C(O)C(C4)C3)C1)N1CCC(c2ccccc2)[C@@H](O)C1. The van der Waals surface area contributed by atoms with Gasteiger partial charge in [-0.25, -0.2) is 4.79 Å². The summed E-state index contributed by atoms with van der Waals surface area (Å²) in [6, 6.07) is 10.0. The lowest BCUT2D eigenvalue weighted by Gasteiger charge is -2.58. The molecule has 2 heterocycles. The van der Waals surface area contributed by atoms with Gasteiger partial charge < -0.3 is 25.3 Å². The number of hydrogen-bond donors (Lipinski definition) is 3. The van der Waals surface area contributed by atoms with Crippen LogP contribution < -0.4 is 5.32 Å². The molecule has 0 aromatic heterocycles. The number of nitrogens with zero attached hydrogens (tertiary/aromatic N) is 2. The van der Waals surface area contributed by atoms with E-state index < -0.39 is 6.10 Å². The van der Waals surface area contributed by atoms with E-state index in [-0.39, 0.29) is 47.3 Å². The van der Waals surface area contributed by atoms with Gasteiger partial charge >= 0.3 is 6.03 Å². The largest absolute Gasteiger partial charge is 0.393 e. The van der Waals surface area contributed by atoms with Crippen molar-refractivity contribution in [3.05, 3.63) is 35.9 Å². The molecule has 2 aliphatic heterocycles. The molecule has 35 heavy (non-hydrogen) atoms. The van der Waals surface area contributed by atoms with Gasteiger partial charge in [-0.15, -0.1) is 0 Å². The fourth-order valence-corrected chi connectivity index (χ4v) is 8.28. The zero-order valence-corrected chi connectivity index (χ0v) is 20.5. The molecule has 5 atom stereocenters. The fraction of sp³-hybridized carbons (Fsp3) is 0.714. The van der Waals surface area contributed by atoms with Crippen LogP contribution in [0.15, 0.2) is 30.3 Å². The molecule has 7 nitrogen and oxygen atoms in total. The van der Waals surface area contributed by atoms with Gasteiger partial charge in [-0.05, 0) is 74.7 Å². The first-order chi connectivity index (χ1) is 16.9. The lowest BCUT2D eigenvalue weighted by molar-refractivity contribution is -0.163. The van der Waals surface area contributed by atoms with Crippen LogP contribution in [0.1, 0.15) is 62.8 Å². The Morgan fingerprint density at radius 1 is 0.914 bits per heavy atom. The van der Waals surface area contributed by atoms with Crippen LogP contribution >= 0.6 is 0 Å². The maximum atomic E-state index is 13.5. The molecule has 7 rings (SSSR count). The summed E-state index contributed by atoms with van der Waals surface area (Å²) in [6.45, 7) is 2.22. The molecule has 1 aromatic rings. The van der Waals surface area contributed by atoms with Gasteiger partial charge in [0, 0.05) is 38.1 Å². The number of urea groups is 1. The van der Waals surface area contributed by atoms with Crippen molar-refractivity contribution in [3.63, 3.8) is 0 Å². The third-order valence-corrected chi connectivity index (χ3v) is 9.81. The minimum absolute atomic E-state index is 0.0209. The monoisotopic (exact) mass is 481 g/mol. The number of carbonyl (C=O) groups excluding carboxylic acids is 2.